The molecule has 1 saturated heterocycles. The van der Waals surface area contributed by atoms with Crippen LogP contribution in [0.15, 0.2) is 10.5 Å². The predicted molar refractivity (Wildman–Crippen MR) is 76.8 cm³/mol. The molecule has 1 nitrogen and oxygen atoms in total. The number of hydrogen-bond donors (Lipinski definition) is 0. The van der Waals surface area contributed by atoms with Gasteiger partial charge in [-0.05, 0) is 34.8 Å². The van der Waals surface area contributed by atoms with Crippen LogP contribution in [0.5, 0.6) is 0 Å². The molecule has 90 valence electrons. The smallest absolute Gasteiger partial charge is 0.107 e. The Morgan fingerprint density at radius 2 is 2.44 bits per heavy atom. The highest BCUT2D eigenvalue weighted by atomic mass is 79.9. The number of ether oxygens (including phenoxy) is 1. The van der Waals surface area contributed by atoms with Crippen molar-refractivity contribution in [3.63, 3.8) is 0 Å². The van der Waals surface area contributed by atoms with E-state index in [0.717, 1.165) is 28.3 Å². The Kier molecular flexibility index (Phi) is 4.75. The van der Waals surface area contributed by atoms with E-state index >= 15 is 0 Å². The molecular formula is C11H13Br2ClOS. The lowest BCUT2D eigenvalue weighted by molar-refractivity contribution is 0.0874. The molecule has 0 aromatic carbocycles. The maximum Gasteiger partial charge on any atom is 0.107 e. The van der Waals surface area contributed by atoms with Gasteiger partial charge in [-0.1, -0.05) is 34.5 Å². The van der Waals surface area contributed by atoms with Crippen molar-refractivity contribution < 1.29 is 4.74 Å². The largest absolute Gasteiger partial charge is 0.378 e. The minimum atomic E-state index is 0.355. The van der Waals surface area contributed by atoms with E-state index in [0.29, 0.717) is 16.8 Å². The molecule has 0 aliphatic carbocycles. The van der Waals surface area contributed by atoms with Crippen molar-refractivity contribution in [2.75, 3.05) is 6.61 Å². The summed E-state index contributed by atoms with van der Waals surface area (Å²) in [5.74, 6) is 0.562. The molecule has 3 unspecified atom stereocenters. The minimum Gasteiger partial charge on any atom is -0.378 e. The molecule has 1 aromatic heterocycles. The van der Waals surface area contributed by atoms with E-state index in [4.69, 9.17) is 16.3 Å². The first-order valence-electron chi connectivity index (χ1n) is 5.34. The minimum absolute atomic E-state index is 0.355. The second-order valence-electron chi connectivity index (χ2n) is 3.94. The first-order valence-corrected chi connectivity index (χ1v) is 8.24. The van der Waals surface area contributed by atoms with Crippen LogP contribution in [0.25, 0.3) is 0 Å². The number of halogens is 3. The Labute approximate surface area is 122 Å². The van der Waals surface area contributed by atoms with Crippen LogP contribution in [0.3, 0.4) is 0 Å². The molecule has 0 bridgehead atoms. The first kappa shape index (κ1) is 13.3. The van der Waals surface area contributed by atoms with Crippen LogP contribution in [0.4, 0.5) is 0 Å². The molecular weight excluding hydrogens is 375 g/mol. The van der Waals surface area contributed by atoms with Gasteiger partial charge in [0.2, 0.25) is 0 Å². The molecule has 0 N–H and O–H groups in total. The van der Waals surface area contributed by atoms with Gasteiger partial charge in [0.1, 0.15) is 4.34 Å². The van der Waals surface area contributed by atoms with Gasteiger partial charge in [0.15, 0.2) is 0 Å². The number of hydrogen-bond acceptors (Lipinski definition) is 2. The van der Waals surface area contributed by atoms with E-state index in [1.54, 1.807) is 11.3 Å². The molecule has 1 aliphatic rings. The second-order valence-corrected chi connectivity index (χ2v) is 7.47. The zero-order valence-corrected chi connectivity index (χ0v) is 13.6. The van der Waals surface area contributed by atoms with Gasteiger partial charge in [-0.15, -0.1) is 11.3 Å². The normalized spacial score (nSPS) is 27.2. The fourth-order valence-corrected chi connectivity index (χ4v) is 4.94. The standard InChI is InChI=1S/C11H13Br2ClOS/c1-2-8-6(3-4-15-8)10(13)9-5-7(12)11(14)16-9/h5-6,8,10H,2-4H2,1H3. The number of thiophene rings is 1. The van der Waals surface area contributed by atoms with Crippen LogP contribution in [0, 0.1) is 5.92 Å². The first-order chi connectivity index (χ1) is 7.63. The van der Waals surface area contributed by atoms with Gasteiger partial charge < -0.3 is 4.74 Å². The van der Waals surface area contributed by atoms with Crippen LogP contribution in [0.2, 0.25) is 4.34 Å². The summed E-state index contributed by atoms with van der Waals surface area (Å²) in [7, 11) is 0. The molecule has 0 spiro atoms. The molecule has 1 aromatic rings. The van der Waals surface area contributed by atoms with E-state index in [-0.39, 0.29) is 0 Å². The summed E-state index contributed by atoms with van der Waals surface area (Å²) in [6, 6.07) is 2.11. The highest BCUT2D eigenvalue weighted by molar-refractivity contribution is 9.10. The van der Waals surface area contributed by atoms with Crippen molar-refractivity contribution in [3.05, 3.63) is 19.8 Å². The Morgan fingerprint density at radius 3 is 3.00 bits per heavy atom. The third kappa shape index (κ3) is 2.66. The Balaban J connectivity index is 2.14. The van der Waals surface area contributed by atoms with E-state index in [1.807, 2.05) is 0 Å². The Morgan fingerprint density at radius 1 is 1.69 bits per heavy atom. The third-order valence-electron chi connectivity index (χ3n) is 2.97. The Bertz CT molecular complexity index is 349. The average Bonchev–Trinajstić information content (AvgIpc) is 2.85. The highest BCUT2D eigenvalue weighted by Crippen LogP contribution is 2.45. The molecule has 2 heterocycles. The van der Waals surface area contributed by atoms with E-state index in [9.17, 15) is 0 Å². The summed E-state index contributed by atoms with van der Waals surface area (Å²) in [6.07, 6.45) is 2.58. The lowest BCUT2D eigenvalue weighted by atomic mass is 9.95. The van der Waals surface area contributed by atoms with Gasteiger partial charge in [-0.25, -0.2) is 0 Å². The van der Waals surface area contributed by atoms with Gasteiger partial charge in [0, 0.05) is 21.9 Å². The van der Waals surface area contributed by atoms with Crippen LogP contribution in [-0.4, -0.2) is 12.7 Å². The van der Waals surface area contributed by atoms with E-state index in [1.165, 1.54) is 4.88 Å². The van der Waals surface area contributed by atoms with Crippen LogP contribution in [-0.2, 0) is 4.74 Å². The van der Waals surface area contributed by atoms with Crippen LogP contribution < -0.4 is 0 Å². The monoisotopic (exact) mass is 386 g/mol. The van der Waals surface area contributed by atoms with Gasteiger partial charge in [-0.2, -0.15) is 0 Å². The van der Waals surface area contributed by atoms with Gasteiger partial charge in [0.25, 0.3) is 0 Å². The zero-order chi connectivity index (χ0) is 11.7. The maximum atomic E-state index is 6.07. The summed E-state index contributed by atoms with van der Waals surface area (Å²) in [4.78, 5) is 1.64. The maximum absolute atomic E-state index is 6.07. The molecule has 1 aliphatic heterocycles. The molecule has 0 amide bonds. The van der Waals surface area contributed by atoms with Crippen molar-refractivity contribution in [3.8, 4) is 0 Å². The van der Waals surface area contributed by atoms with Crippen molar-refractivity contribution in [1.82, 2.24) is 0 Å². The van der Waals surface area contributed by atoms with Crippen LogP contribution in [0.1, 0.15) is 29.5 Å². The third-order valence-corrected chi connectivity index (χ3v) is 7.01. The lowest BCUT2D eigenvalue weighted by Crippen LogP contribution is -2.18. The fraction of sp³-hybridized carbons (Fsp3) is 0.636. The Hall–Kier alpha value is 0.910. The predicted octanol–water partition coefficient (Wildman–Crippen LogP) is 5.42. The summed E-state index contributed by atoms with van der Waals surface area (Å²) >= 11 is 15.0. The SMILES string of the molecule is CCC1OCCC1C(Br)c1cc(Br)c(Cl)s1. The fourth-order valence-electron chi connectivity index (χ4n) is 2.13. The van der Waals surface area contributed by atoms with Crippen molar-refractivity contribution >= 4 is 54.8 Å². The molecule has 2 rings (SSSR count). The molecule has 5 heteroatoms. The molecule has 0 saturated carbocycles. The van der Waals surface area contributed by atoms with E-state index in [2.05, 4.69) is 44.8 Å². The summed E-state index contributed by atoms with van der Waals surface area (Å²) in [5, 5.41) is 0. The molecule has 0 radical (unpaired) electrons. The van der Waals surface area contributed by atoms with Crippen molar-refractivity contribution in [2.24, 2.45) is 5.92 Å². The molecule has 1 fully saturated rings. The summed E-state index contributed by atoms with van der Waals surface area (Å²) < 4.78 is 7.54. The second kappa shape index (κ2) is 5.70. The van der Waals surface area contributed by atoms with Gasteiger partial charge >= 0.3 is 0 Å². The van der Waals surface area contributed by atoms with E-state index < -0.39 is 0 Å². The van der Waals surface area contributed by atoms with Crippen molar-refractivity contribution in [2.45, 2.75) is 30.7 Å². The van der Waals surface area contributed by atoms with Crippen molar-refractivity contribution in [1.29, 1.82) is 0 Å². The van der Waals surface area contributed by atoms with Gasteiger partial charge in [-0.3, -0.25) is 0 Å². The molecule has 16 heavy (non-hydrogen) atoms. The topological polar surface area (TPSA) is 9.23 Å². The quantitative estimate of drug-likeness (QED) is 0.629. The zero-order valence-electron chi connectivity index (χ0n) is 8.88. The molecule has 3 atom stereocenters. The summed E-state index contributed by atoms with van der Waals surface area (Å²) in [6.45, 7) is 3.06. The van der Waals surface area contributed by atoms with Gasteiger partial charge in [0.05, 0.1) is 10.9 Å². The lowest BCUT2D eigenvalue weighted by Gasteiger charge is -2.21. The average molecular weight is 389 g/mol. The highest BCUT2D eigenvalue weighted by Gasteiger charge is 2.34. The van der Waals surface area contributed by atoms with Crippen LogP contribution >= 0.6 is 54.8 Å². The number of alkyl halides is 1. The summed E-state index contributed by atoms with van der Waals surface area (Å²) in [5.41, 5.74) is 0. The number of rotatable bonds is 3.